The fourth-order valence-electron chi connectivity index (χ4n) is 5.33. The number of rotatable bonds is 21. The highest BCUT2D eigenvalue weighted by atomic mass is 79.9. The number of halogens is 1. The number of aryl methyl sites for hydroxylation is 1. The van der Waals surface area contributed by atoms with Crippen LogP contribution in [0, 0.1) is 6.92 Å². The Morgan fingerprint density at radius 1 is 0.722 bits per heavy atom. The minimum absolute atomic E-state index is 0.0269. The molecule has 0 aliphatic carbocycles. The number of hydrogen-bond donors (Lipinski definition) is 3. The van der Waals surface area contributed by atoms with Gasteiger partial charge < -0.3 is 35.5 Å². The zero-order valence-electron chi connectivity index (χ0n) is 33.1. The first-order valence-corrected chi connectivity index (χ1v) is 19.6. The molecule has 0 fully saturated rings. The Morgan fingerprint density at radius 2 is 1.31 bits per heavy atom. The molecular formula is C41H61BrN4O8. The quantitative estimate of drug-likeness (QED) is 0.0682. The van der Waals surface area contributed by atoms with Crippen molar-refractivity contribution in [1.29, 1.82) is 0 Å². The Bertz CT molecular complexity index is 1490. The SMILES string of the molecule is Cc1ccc(COC(=O)C(CCC(=O)OC(C)(C)C)NC(=O)NC(CCCCN(Cc2ccc(Br)cc2)C(=O)CCCCCN)C(=O)OC(C)(C)C)cc1. The van der Waals surface area contributed by atoms with Crippen molar-refractivity contribution in [3.63, 3.8) is 0 Å². The van der Waals surface area contributed by atoms with Gasteiger partial charge in [0.15, 0.2) is 0 Å². The lowest BCUT2D eigenvalue weighted by atomic mass is 10.1. The fraction of sp³-hybridized carbons (Fsp3) is 0.585. The number of urea groups is 1. The number of carbonyl (C=O) groups excluding carboxylic acids is 5. The lowest BCUT2D eigenvalue weighted by molar-refractivity contribution is -0.157. The summed E-state index contributed by atoms with van der Waals surface area (Å²) in [7, 11) is 0. The normalized spacial score (nSPS) is 12.6. The van der Waals surface area contributed by atoms with Crippen molar-refractivity contribution in [2.75, 3.05) is 13.1 Å². The van der Waals surface area contributed by atoms with Crippen LogP contribution < -0.4 is 16.4 Å². The Balaban J connectivity index is 2.14. The molecule has 0 aliphatic rings. The molecule has 2 aromatic rings. The van der Waals surface area contributed by atoms with E-state index in [1.54, 1.807) is 41.5 Å². The number of nitrogens with zero attached hydrogens (tertiary/aromatic N) is 1. The minimum Gasteiger partial charge on any atom is -0.460 e. The molecule has 300 valence electrons. The maximum absolute atomic E-state index is 13.4. The summed E-state index contributed by atoms with van der Waals surface area (Å²) in [6, 6.07) is 12.2. The molecule has 0 spiro atoms. The van der Waals surface area contributed by atoms with Gasteiger partial charge in [0.05, 0.1) is 0 Å². The summed E-state index contributed by atoms with van der Waals surface area (Å²) < 4.78 is 17.5. The van der Waals surface area contributed by atoms with Crippen LogP contribution in [0.4, 0.5) is 4.79 Å². The van der Waals surface area contributed by atoms with Crippen molar-refractivity contribution < 1.29 is 38.2 Å². The fourth-order valence-corrected chi connectivity index (χ4v) is 5.60. The molecule has 2 rings (SSSR count). The lowest BCUT2D eigenvalue weighted by Crippen LogP contribution is -2.52. The molecule has 2 aromatic carbocycles. The van der Waals surface area contributed by atoms with Crippen molar-refractivity contribution in [1.82, 2.24) is 15.5 Å². The molecule has 0 aliphatic heterocycles. The van der Waals surface area contributed by atoms with Crippen molar-refractivity contribution in [2.45, 2.75) is 143 Å². The van der Waals surface area contributed by atoms with Crippen LogP contribution in [0.25, 0.3) is 0 Å². The Hall–Kier alpha value is -3.97. The van der Waals surface area contributed by atoms with E-state index in [0.29, 0.717) is 38.9 Å². The van der Waals surface area contributed by atoms with Crippen LogP contribution in [0.1, 0.15) is 116 Å². The van der Waals surface area contributed by atoms with E-state index in [2.05, 4.69) is 26.6 Å². The summed E-state index contributed by atoms with van der Waals surface area (Å²) in [5.74, 6) is -1.85. The van der Waals surface area contributed by atoms with E-state index in [1.807, 2.05) is 60.4 Å². The first kappa shape index (κ1) is 46.2. The van der Waals surface area contributed by atoms with Gasteiger partial charge in [0.2, 0.25) is 5.91 Å². The minimum atomic E-state index is -1.20. The second-order valence-corrected chi connectivity index (χ2v) is 16.4. The van der Waals surface area contributed by atoms with Crippen LogP contribution in [-0.2, 0) is 46.5 Å². The maximum Gasteiger partial charge on any atom is 0.329 e. The largest absolute Gasteiger partial charge is 0.460 e. The third-order valence-corrected chi connectivity index (χ3v) is 8.58. The smallest absolute Gasteiger partial charge is 0.329 e. The summed E-state index contributed by atoms with van der Waals surface area (Å²) in [6.07, 6.45) is 3.96. The number of esters is 3. The zero-order chi connectivity index (χ0) is 40.3. The second kappa shape index (κ2) is 23.1. The van der Waals surface area contributed by atoms with Gasteiger partial charge in [-0.1, -0.05) is 64.3 Å². The standard InChI is InChI=1S/C41H61BrN4O8/c1-29-15-17-31(18-16-29)28-52-37(49)34(23-24-36(48)53-40(2,3)4)45-39(51)44-33(38(50)54-41(5,6)7)13-10-12-26-46(35(47)14-9-8-11-25-43)27-30-19-21-32(42)22-20-30/h15-22,33-34H,8-14,23-28,43H2,1-7H3,(H2,44,45,51). The topological polar surface area (TPSA) is 166 Å². The maximum atomic E-state index is 13.4. The number of nitrogens with two attached hydrogens (primary N) is 1. The molecule has 0 bridgehead atoms. The van der Waals surface area contributed by atoms with E-state index in [1.165, 1.54) is 0 Å². The molecule has 3 amide bonds. The number of ether oxygens (including phenoxy) is 3. The van der Waals surface area contributed by atoms with E-state index < -0.39 is 47.2 Å². The predicted molar refractivity (Wildman–Crippen MR) is 212 cm³/mol. The van der Waals surface area contributed by atoms with Gasteiger partial charge in [-0.25, -0.2) is 14.4 Å². The number of hydrogen-bond acceptors (Lipinski definition) is 9. The first-order valence-electron chi connectivity index (χ1n) is 18.8. The molecule has 2 atom stereocenters. The zero-order valence-corrected chi connectivity index (χ0v) is 34.7. The van der Waals surface area contributed by atoms with Crippen molar-refractivity contribution >= 4 is 45.8 Å². The number of amides is 3. The van der Waals surface area contributed by atoms with Gasteiger partial charge in [-0.05, 0) is 117 Å². The average Bonchev–Trinajstić information content (AvgIpc) is 3.08. The number of carbonyl (C=O) groups is 5. The molecule has 12 nitrogen and oxygen atoms in total. The van der Waals surface area contributed by atoms with Crippen molar-refractivity contribution in [3.05, 3.63) is 69.7 Å². The summed E-state index contributed by atoms with van der Waals surface area (Å²) in [6.45, 7) is 13.8. The Morgan fingerprint density at radius 3 is 1.91 bits per heavy atom. The Kier molecular flexibility index (Phi) is 19.7. The molecule has 0 radical (unpaired) electrons. The lowest BCUT2D eigenvalue weighted by Gasteiger charge is -2.26. The molecule has 2 unspecified atom stereocenters. The van der Waals surface area contributed by atoms with E-state index in [0.717, 1.165) is 40.4 Å². The van der Waals surface area contributed by atoms with Gasteiger partial charge in [-0.2, -0.15) is 0 Å². The van der Waals surface area contributed by atoms with Crippen LogP contribution in [0.5, 0.6) is 0 Å². The van der Waals surface area contributed by atoms with Crippen LogP contribution in [0.15, 0.2) is 53.0 Å². The van der Waals surface area contributed by atoms with E-state index in [4.69, 9.17) is 19.9 Å². The van der Waals surface area contributed by atoms with Gasteiger partial charge in [0, 0.05) is 30.4 Å². The van der Waals surface area contributed by atoms with Crippen molar-refractivity contribution in [2.24, 2.45) is 5.73 Å². The molecule has 0 saturated carbocycles. The van der Waals surface area contributed by atoms with Crippen molar-refractivity contribution in [3.8, 4) is 0 Å². The molecular weight excluding hydrogens is 756 g/mol. The number of nitrogens with one attached hydrogen (secondary N) is 2. The van der Waals surface area contributed by atoms with E-state index in [9.17, 15) is 24.0 Å². The molecule has 0 heterocycles. The van der Waals surface area contributed by atoms with Gasteiger partial charge in [0.1, 0.15) is 29.9 Å². The summed E-state index contributed by atoms with van der Waals surface area (Å²) >= 11 is 3.46. The highest BCUT2D eigenvalue weighted by molar-refractivity contribution is 9.10. The predicted octanol–water partition coefficient (Wildman–Crippen LogP) is 7.02. The third-order valence-electron chi connectivity index (χ3n) is 8.05. The van der Waals surface area contributed by atoms with Gasteiger partial charge in [-0.3, -0.25) is 9.59 Å². The number of benzene rings is 2. The first-order chi connectivity index (χ1) is 25.3. The van der Waals surface area contributed by atoms with E-state index in [-0.39, 0.29) is 31.8 Å². The average molecular weight is 818 g/mol. The molecule has 4 N–H and O–H groups in total. The third kappa shape index (κ3) is 19.9. The molecule has 13 heteroatoms. The van der Waals surface area contributed by atoms with Crippen LogP contribution >= 0.6 is 15.9 Å². The van der Waals surface area contributed by atoms with Gasteiger partial charge in [0.25, 0.3) is 0 Å². The molecule has 0 saturated heterocycles. The monoisotopic (exact) mass is 816 g/mol. The second-order valence-electron chi connectivity index (χ2n) is 15.5. The summed E-state index contributed by atoms with van der Waals surface area (Å²) in [5.41, 5.74) is 6.90. The molecule has 54 heavy (non-hydrogen) atoms. The highest BCUT2D eigenvalue weighted by Gasteiger charge is 2.30. The van der Waals surface area contributed by atoms with Gasteiger partial charge in [-0.15, -0.1) is 0 Å². The summed E-state index contributed by atoms with van der Waals surface area (Å²) in [5, 5.41) is 5.29. The van der Waals surface area contributed by atoms with Crippen LogP contribution in [0.2, 0.25) is 0 Å². The number of unbranched alkanes of at least 4 members (excludes halogenated alkanes) is 3. The van der Waals surface area contributed by atoms with Gasteiger partial charge >= 0.3 is 23.9 Å². The highest BCUT2D eigenvalue weighted by Crippen LogP contribution is 2.17. The molecule has 0 aromatic heterocycles. The van der Waals surface area contributed by atoms with E-state index >= 15 is 0 Å². The Labute approximate surface area is 329 Å². The summed E-state index contributed by atoms with van der Waals surface area (Å²) in [4.78, 5) is 67.6. The van der Waals surface area contributed by atoms with Crippen LogP contribution in [-0.4, -0.2) is 71.1 Å². The van der Waals surface area contributed by atoms with Crippen LogP contribution in [0.3, 0.4) is 0 Å².